The molecule has 1 saturated heterocycles. The number of benzene rings is 2. The van der Waals surface area contributed by atoms with Crippen molar-refractivity contribution in [3.8, 4) is 28.4 Å². The number of nitrogen functional groups attached to an aromatic ring is 1. The van der Waals surface area contributed by atoms with Crippen molar-refractivity contribution in [1.82, 2.24) is 19.9 Å². The average Bonchev–Trinajstić information content (AvgIpc) is 3.15. The van der Waals surface area contributed by atoms with Gasteiger partial charge in [0.1, 0.15) is 5.69 Å². The van der Waals surface area contributed by atoms with Gasteiger partial charge in [0.15, 0.2) is 5.82 Å². The van der Waals surface area contributed by atoms with Gasteiger partial charge in [-0.2, -0.15) is 0 Å². The first kappa shape index (κ1) is 21.2. The topological polar surface area (TPSA) is 94.2 Å². The van der Waals surface area contributed by atoms with Gasteiger partial charge in [-0.15, -0.1) is 0 Å². The third-order valence-corrected chi connectivity index (χ3v) is 6.03. The van der Waals surface area contributed by atoms with Crippen molar-refractivity contribution >= 4 is 34.2 Å². The molecule has 0 saturated carbocycles. The predicted molar refractivity (Wildman–Crippen MR) is 129 cm³/mol. The maximum Gasteiger partial charge on any atom is 0.257 e. The summed E-state index contributed by atoms with van der Waals surface area (Å²) in [5, 5.41) is 1.42. The number of fused-ring (bicyclic) bond motifs is 1. The van der Waals surface area contributed by atoms with Gasteiger partial charge in [-0.05, 0) is 18.2 Å². The number of hydrogen-bond acceptors (Lipinski definition) is 6. The van der Waals surface area contributed by atoms with Crippen molar-refractivity contribution in [1.29, 1.82) is 0 Å². The molecular formula is C25H22ClN5O2. The van der Waals surface area contributed by atoms with Gasteiger partial charge in [-0.3, -0.25) is 9.78 Å². The quantitative estimate of drug-likeness (QED) is 0.473. The van der Waals surface area contributed by atoms with Gasteiger partial charge in [0, 0.05) is 48.6 Å². The molecule has 7 nitrogen and oxygen atoms in total. The number of carbonyl (C=O) groups is 1. The molecule has 166 valence electrons. The van der Waals surface area contributed by atoms with E-state index in [0.717, 1.165) is 22.0 Å². The minimum absolute atomic E-state index is 0.0853. The van der Waals surface area contributed by atoms with Crippen LogP contribution in [-0.2, 0) is 4.79 Å². The zero-order valence-corrected chi connectivity index (χ0v) is 18.8. The van der Waals surface area contributed by atoms with Gasteiger partial charge in [0.05, 0.1) is 22.8 Å². The summed E-state index contributed by atoms with van der Waals surface area (Å²) >= 11 is 6.55. The van der Waals surface area contributed by atoms with E-state index in [0.29, 0.717) is 36.0 Å². The second kappa shape index (κ2) is 8.67. The fourth-order valence-corrected chi connectivity index (χ4v) is 4.36. The highest BCUT2D eigenvalue weighted by atomic mass is 35.5. The Kier molecular flexibility index (Phi) is 5.56. The van der Waals surface area contributed by atoms with E-state index in [1.54, 1.807) is 18.1 Å². The summed E-state index contributed by atoms with van der Waals surface area (Å²) in [5.74, 6) is 0.641. The minimum Gasteiger partial charge on any atom is -0.475 e. The minimum atomic E-state index is 0.0853. The summed E-state index contributed by atoms with van der Waals surface area (Å²) in [4.78, 5) is 27.4. The van der Waals surface area contributed by atoms with E-state index in [4.69, 9.17) is 27.1 Å². The molecule has 5 rings (SSSR count). The molecule has 8 heteroatoms. The second-order valence-corrected chi connectivity index (χ2v) is 8.57. The normalized spacial score (nSPS) is 15.9. The molecule has 0 radical (unpaired) electrons. The van der Waals surface area contributed by atoms with Crippen LogP contribution in [0.25, 0.3) is 33.4 Å². The summed E-state index contributed by atoms with van der Waals surface area (Å²) in [6.07, 6.45) is 2.16. The van der Waals surface area contributed by atoms with Gasteiger partial charge >= 0.3 is 0 Å². The third kappa shape index (κ3) is 4.19. The summed E-state index contributed by atoms with van der Waals surface area (Å²) in [6, 6.07) is 17.4. The Bertz CT molecular complexity index is 1350. The molecule has 2 aromatic carbocycles. The molecule has 1 atom stereocenters. The molecule has 1 fully saturated rings. The highest BCUT2D eigenvalue weighted by Crippen LogP contribution is 2.36. The van der Waals surface area contributed by atoms with Gasteiger partial charge < -0.3 is 15.4 Å². The molecule has 1 aliphatic rings. The van der Waals surface area contributed by atoms with E-state index < -0.39 is 0 Å². The lowest BCUT2D eigenvalue weighted by Gasteiger charge is -2.16. The smallest absolute Gasteiger partial charge is 0.257 e. The van der Waals surface area contributed by atoms with Crippen molar-refractivity contribution in [3.05, 3.63) is 65.8 Å². The average molecular weight is 460 g/mol. The maximum atomic E-state index is 11.8. The second-order valence-electron chi connectivity index (χ2n) is 8.17. The Balaban J connectivity index is 1.58. The number of nitrogens with two attached hydrogens (primary N) is 1. The number of ether oxygens (including phenoxy) is 1. The lowest BCUT2D eigenvalue weighted by atomic mass is 10.0. The van der Waals surface area contributed by atoms with E-state index in [-0.39, 0.29) is 23.5 Å². The maximum absolute atomic E-state index is 11.8. The monoisotopic (exact) mass is 459 g/mol. The number of anilines is 1. The van der Waals surface area contributed by atoms with Crippen LogP contribution in [0.15, 0.2) is 60.8 Å². The lowest BCUT2D eigenvalue weighted by Crippen LogP contribution is -2.20. The number of amides is 1. The van der Waals surface area contributed by atoms with E-state index in [1.807, 2.05) is 54.6 Å². The van der Waals surface area contributed by atoms with E-state index in [9.17, 15) is 4.79 Å². The molecule has 2 aromatic heterocycles. The molecule has 2 N–H and O–H groups in total. The van der Waals surface area contributed by atoms with Crippen LogP contribution in [0.4, 0.5) is 5.82 Å². The number of rotatable bonds is 5. The van der Waals surface area contributed by atoms with Crippen molar-refractivity contribution in [3.63, 3.8) is 0 Å². The largest absolute Gasteiger partial charge is 0.475 e. The number of hydrogen-bond donors (Lipinski definition) is 1. The fourth-order valence-electron chi connectivity index (χ4n) is 4.09. The number of nitrogens with zero attached hydrogens (tertiary/aromatic N) is 4. The Hall–Kier alpha value is -3.71. The van der Waals surface area contributed by atoms with Crippen molar-refractivity contribution in [2.75, 3.05) is 25.9 Å². The molecule has 4 aromatic rings. The molecule has 0 bridgehead atoms. The Labute approximate surface area is 196 Å². The van der Waals surface area contributed by atoms with Gasteiger partial charge in [-0.25, -0.2) is 9.97 Å². The van der Waals surface area contributed by atoms with Crippen molar-refractivity contribution in [2.45, 2.75) is 6.42 Å². The molecule has 0 spiro atoms. The fraction of sp³-hybridized carbons (Fsp3) is 0.200. The van der Waals surface area contributed by atoms with Crippen LogP contribution in [0.1, 0.15) is 6.42 Å². The first-order valence-electron chi connectivity index (χ1n) is 10.6. The van der Waals surface area contributed by atoms with Crippen LogP contribution in [-0.4, -0.2) is 46.0 Å². The van der Waals surface area contributed by atoms with Crippen LogP contribution in [0.3, 0.4) is 0 Å². The summed E-state index contributed by atoms with van der Waals surface area (Å²) < 4.78 is 5.97. The SMILES string of the molecule is CN1CC(COc2nc(-c3cc(Cl)c4ncccc4c3)c(-c3ccccc3)nc2N)CC1=O. The standard InChI is InChI=1S/C25H22ClN5O2/c1-31-13-15(10-20(31)32)14-33-25-24(27)29-22(16-6-3-2-4-7-16)23(30-25)18-11-17-8-5-9-28-21(17)19(26)12-18/h2-9,11-12,15H,10,13-14H2,1H3,(H2,27,29). The highest BCUT2D eigenvalue weighted by molar-refractivity contribution is 6.35. The molecule has 1 unspecified atom stereocenters. The van der Waals surface area contributed by atoms with Crippen LogP contribution >= 0.6 is 11.6 Å². The van der Waals surface area contributed by atoms with Crippen LogP contribution in [0.2, 0.25) is 5.02 Å². The molecular weight excluding hydrogens is 438 g/mol. The van der Waals surface area contributed by atoms with Crippen molar-refractivity contribution < 1.29 is 9.53 Å². The molecule has 33 heavy (non-hydrogen) atoms. The van der Waals surface area contributed by atoms with E-state index >= 15 is 0 Å². The van der Waals surface area contributed by atoms with Crippen LogP contribution in [0, 0.1) is 5.92 Å². The summed E-state index contributed by atoms with van der Waals surface area (Å²) in [7, 11) is 1.79. The first-order valence-corrected chi connectivity index (χ1v) is 11.0. The number of aromatic nitrogens is 3. The number of likely N-dealkylation sites (tertiary alicyclic amines) is 1. The Morgan fingerprint density at radius 2 is 1.88 bits per heavy atom. The van der Waals surface area contributed by atoms with Gasteiger partial charge in [0.25, 0.3) is 5.88 Å². The van der Waals surface area contributed by atoms with E-state index in [2.05, 4.69) is 9.97 Å². The molecule has 0 aliphatic carbocycles. The zero-order valence-electron chi connectivity index (χ0n) is 18.0. The number of halogens is 1. The lowest BCUT2D eigenvalue weighted by molar-refractivity contribution is -0.126. The number of carbonyl (C=O) groups excluding carboxylic acids is 1. The van der Waals surface area contributed by atoms with Gasteiger partial charge in [-0.1, -0.05) is 48.0 Å². The van der Waals surface area contributed by atoms with Gasteiger partial charge in [0.2, 0.25) is 5.91 Å². The number of pyridine rings is 1. The molecule has 3 heterocycles. The predicted octanol–water partition coefficient (Wildman–Crippen LogP) is 4.45. The molecule has 1 amide bonds. The Morgan fingerprint density at radius 3 is 2.64 bits per heavy atom. The van der Waals surface area contributed by atoms with Crippen molar-refractivity contribution in [2.24, 2.45) is 5.92 Å². The van der Waals surface area contributed by atoms with E-state index in [1.165, 1.54) is 0 Å². The first-order chi connectivity index (χ1) is 16.0. The van der Waals surface area contributed by atoms with Crippen LogP contribution < -0.4 is 10.5 Å². The van der Waals surface area contributed by atoms with Crippen LogP contribution in [0.5, 0.6) is 5.88 Å². The third-order valence-electron chi connectivity index (χ3n) is 5.74. The zero-order chi connectivity index (χ0) is 22.9. The summed E-state index contributed by atoms with van der Waals surface area (Å²) in [5.41, 5.74) is 9.88. The summed E-state index contributed by atoms with van der Waals surface area (Å²) in [6.45, 7) is 0.982. The molecule has 1 aliphatic heterocycles. The highest BCUT2D eigenvalue weighted by Gasteiger charge is 2.28. The Morgan fingerprint density at radius 1 is 1.09 bits per heavy atom.